The first kappa shape index (κ1) is 17.6. The number of hydrogen-bond acceptors (Lipinski definition) is 4. The number of nitrogens with one attached hydrogen (secondary N) is 1. The van der Waals surface area contributed by atoms with Crippen molar-refractivity contribution >= 4 is 11.6 Å². The van der Waals surface area contributed by atoms with Gasteiger partial charge < -0.3 is 14.8 Å². The zero-order valence-corrected chi connectivity index (χ0v) is 14.0. The molecule has 5 heteroatoms. The molecule has 0 aliphatic rings. The van der Waals surface area contributed by atoms with E-state index in [2.05, 4.69) is 32.2 Å². The first-order valence-electron chi connectivity index (χ1n) is 6.98. The maximum Gasteiger partial charge on any atom is 0.184 e. The summed E-state index contributed by atoms with van der Waals surface area (Å²) >= 11 is 6.13. The molecule has 1 atom stereocenters. The van der Waals surface area contributed by atoms with Crippen molar-refractivity contribution in [2.45, 2.75) is 52.3 Å². The van der Waals surface area contributed by atoms with Crippen molar-refractivity contribution in [2.24, 2.45) is 0 Å². The molecule has 0 aliphatic heterocycles. The Morgan fingerprint density at radius 1 is 1.38 bits per heavy atom. The average molecular weight is 311 g/mol. The van der Waals surface area contributed by atoms with Crippen molar-refractivity contribution in [3.8, 4) is 17.6 Å². The minimum Gasteiger partial charge on any atom is -0.493 e. The maximum absolute atomic E-state index is 9.10. The molecule has 0 aromatic heterocycles. The Kier molecular flexibility index (Phi) is 6.32. The fraction of sp³-hybridized carbons (Fsp3) is 0.562. The van der Waals surface area contributed by atoms with E-state index < -0.39 is 6.10 Å². The second-order valence-corrected chi connectivity index (χ2v) is 6.28. The number of benzene rings is 1. The summed E-state index contributed by atoms with van der Waals surface area (Å²) < 4.78 is 11.1. The van der Waals surface area contributed by atoms with Crippen LogP contribution in [-0.2, 0) is 6.54 Å². The van der Waals surface area contributed by atoms with Crippen LogP contribution in [0.1, 0.15) is 39.7 Å². The van der Waals surface area contributed by atoms with Crippen molar-refractivity contribution in [2.75, 3.05) is 7.11 Å². The van der Waals surface area contributed by atoms with Gasteiger partial charge in [-0.05, 0) is 33.3 Å². The summed E-state index contributed by atoms with van der Waals surface area (Å²) in [6, 6.07) is 5.67. The van der Waals surface area contributed by atoms with Crippen LogP contribution in [0.15, 0.2) is 12.1 Å². The van der Waals surface area contributed by atoms with Crippen molar-refractivity contribution < 1.29 is 9.47 Å². The number of nitrogens with zero attached hydrogens (tertiary/aromatic N) is 1. The molecule has 0 saturated heterocycles. The lowest BCUT2D eigenvalue weighted by Crippen LogP contribution is -2.35. The molecule has 0 heterocycles. The van der Waals surface area contributed by atoms with Gasteiger partial charge in [0.1, 0.15) is 6.07 Å². The number of rotatable bonds is 6. The minimum atomic E-state index is -0.506. The fourth-order valence-electron chi connectivity index (χ4n) is 1.74. The Bertz CT molecular complexity index is 518. The maximum atomic E-state index is 9.10. The van der Waals surface area contributed by atoms with Crippen molar-refractivity contribution in [3.05, 3.63) is 22.7 Å². The number of nitriles is 1. The highest BCUT2D eigenvalue weighted by Crippen LogP contribution is 2.36. The lowest BCUT2D eigenvalue weighted by molar-refractivity contribution is 0.235. The monoisotopic (exact) mass is 310 g/mol. The summed E-state index contributed by atoms with van der Waals surface area (Å²) in [7, 11) is 1.56. The Labute approximate surface area is 132 Å². The Hall–Kier alpha value is -1.44. The molecule has 0 spiro atoms. The van der Waals surface area contributed by atoms with Crippen LogP contribution in [0.3, 0.4) is 0 Å². The zero-order chi connectivity index (χ0) is 16.0. The predicted molar refractivity (Wildman–Crippen MR) is 84.9 cm³/mol. The number of hydrogen-bond donors (Lipinski definition) is 1. The molecule has 0 radical (unpaired) electrons. The molecular weight excluding hydrogens is 288 g/mol. The van der Waals surface area contributed by atoms with E-state index in [0.717, 1.165) is 5.56 Å². The van der Waals surface area contributed by atoms with Crippen LogP contribution in [0.25, 0.3) is 0 Å². The number of halogens is 1. The van der Waals surface area contributed by atoms with Crippen LogP contribution < -0.4 is 14.8 Å². The van der Waals surface area contributed by atoms with E-state index in [-0.39, 0.29) is 5.54 Å². The van der Waals surface area contributed by atoms with Gasteiger partial charge in [-0.1, -0.05) is 18.5 Å². The average Bonchev–Trinajstić information content (AvgIpc) is 2.42. The third-order valence-corrected chi connectivity index (χ3v) is 3.12. The van der Waals surface area contributed by atoms with E-state index in [1.165, 1.54) is 0 Å². The summed E-state index contributed by atoms with van der Waals surface area (Å²) in [4.78, 5) is 0. The van der Waals surface area contributed by atoms with E-state index in [1.54, 1.807) is 13.2 Å². The van der Waals surface area contributed by atoms with E-state index in [9.17, 15) is 0 Å². The van der Waals surface area contributed by atoms with E-state index in [1.807, 2.05) is 13.0 Å². The summed E-state index contributed by atoms with van der Waals surface area (Å²) in [5, 5.41) is 13.1. The molecule has 1 aromatic carbocycles. The summed E-state index contributed by atoms with van der Waals surface area (Å²) in [5.74, 6) is 1.12. The van der Waals surface area contributed by atoms with Gasteiger partial charge in [0.15, 0.2) is 17.6 Å². The quantitative estimate of drug-likeness (QED) is 0.865. The molecule has 4 nitrogen and oxygen atoms in total. The molecular formula is C16H23ClN2O2. The van der Waals surface area contributed by atoms with Gasteiger partial charge in [0.2, 0.25) is 0 Å². The highest BCUT2D eigenvalue weighted by atomic mass is 35.5. The number of methoxy groups -OCH3 is 1. The lowest BCUT2D eigenvalue weighted by Gasteiger charge is -2.23. The van der Waals surface area contributed by atoms with Crippen LogP contribution >= 0.6 is 11.6 Å². The van der Waals surface area contributed by atoms with Crippen LogP contribution in [0.5, 0.6) is 11.5 Å². The predicted octanol–water partition coefficient (Wildman–Crippen LogP) is 3.92. The third-order valence-electron chi connectivity index (χ3n) is 2.90. The Morgan fingerprint density at radius 3 is 2.52 bits per heavy atom. The topological polar surface area (TPSA) is 54.3 Å². The van der Waals surface area contributed by atoms with Crippen molar-refractivity contribution in [1.82, 2.24) is 5.32 Å². The summed E-state index contributed by atoms with van der Waals surface area (Å²) in [5.41, 5.74) is 0.842. The molecule has 1 rings (SSSR count). The molecule has 0 saturated carbocycles. The molecule has 1 unspecified atom stereocenters. The number of ether oxygens (including phenoxy) is 2. The minimum absolute atomic E-state index is 0.0355. The second kappa shape index (κ2) is 7.53. The van der Waals surface area contributed by atoms with Crippen LogP contribution in [0, 0.1) is 11.3 Å². The lowest BCUT2D eigenvalue weighted by atomic mass is 10.1. The molecule has 1 N–H and O–H groups in total. The smallest absolute Gasteiger partial charge is 0.184 e. The molecule has 0 amide bonds. The van der Waals surface area contributed by atoms with Gasteiger partial charge in [0.05, 0.1) is 7.11 Å². The third kappa shape index (κ3) is 5.45. The molecule has 1 aromatic rings. The second-order valence-electron chi connectivity index (χ2n) is 5.84. The molecule has 116 valence electrons. The van der Waals surface area contributed by atoms with Gasteiger partial charge in [-0.3, -0.25) is 0 Å². The van der Waals surface area contributed by atoms with Crippen LogP contribution in [0.2, 0.25) is 5.02 Å². The normalized spacial score (nSPS) is 12.6. The van der Waals surface area contributed by atoms with Gasteiger partial charge in [0, 0.05) is 28.7 Å². The zero-order valence-electron chi connectivity index (χ0n) is 13.3. The Balaban J connectivity index is 3.14. The van der Waals surface area contributed by atoms with Crippen molar-refractivity contribution in [1.29, 1.82) is 5.26 Å². The van der Waals surface area contributed by atoms with Gasteiger partial charge in [-0.15, -0.1) is 0 Å². The van der Waals surface area contributed by atoms with E-state index >= 15 is 0 Å². The van der Waals surface area contributed by atoms with Gasteiger partial charge in [-0.2, -0.15) is 5.26 Å². The fourth-order valence-corrected chi connectivity index (χ4v) is 1.97. The highest BCUT2D eigenvalue weighted by Gasteiger charge is 2.18. The van der Waals surface area contributed by atoms with Gasteiger partial charge in [0.25, 0.3) is 0 Å². The molecule has 0 fully saturated rings. The molecule has 21 heavy (non-hydrogen) atoms. The van der Waals surface area contributed by atoms with Gasteiger partial charge in [-0.25, -0.2) is 0 Å². The van der Waals surface area contributed by atoms with E-state index in [4.69, 9.17) is 26.3 Å². The largest absolute Gasteiger partial charge is 0.493 e. The summed E-state index contributed by atoms with van der Waals surface area (Å²) in [6.45, 7) is 8.74. The molecule has 0 aliphatic carbocycles. The van der Waals surface area contributed by atoms with Crippen LogP contribution in [-0.4, -0.2) is 18.8 Å². The molecule has 0 bridgehead atoms. The summed E-state index contributed by atoms with van der Waals surface area (Å²) in [6.07, 6.45) is 0.0995. The SMILES string of the molecule is CCC(C#N)Oc1c(CNC(C)(C)C)cc(Cl)cc1OC. The first-order valence-corrected chi connectivity index (χ1v) is 7.36. The van der Waals surface area contributed by atoms with Gasteiger partial charge >= 0.3 is 0 Å². The van der Waals surface area contributed by atoms with E-state index in [0.29, 0.717) is 29.5 Å². The van der Waals surface area contributed by atoms with Crippen LogP contribution in [0.4, 0.5) is 0 Å². The van der Waals surface area contributed by atoms with Crippen molar-refractivity contribution in [3.63, 3.8) is 0 Å². The standard InChI is InChI=1S/C16H23ClN2O2/c1-6-13(9-18)21-15-11(10-19-16(2,3)4)7-12(17)8-14(15)20-5/h7-8,13,19H,6,10H2,1-5H3. The first-order chi connectivity index (χ1) is 9.80. The Morgan fingerprint density at radius 2 is 2.05 bits per heavy atom. The highest BCUT2D eigenvalue weighted by molar-refractivity contribution is 6.30.